The average molecular weight is 492 g/mol. The molecule has 1 aromatic heterocycles. The molecule has 7 nitrogen and oxygen atoms in total. The van der Waals surface area contributed by atoms with Crippen LogP contribution in [0.1, 0.15) is 12.0 Å². The standard InChI is InChI=1S/C24H28ClF2N5O2/c25-19-2-5-21(6-3-19)34-13-1-8-30-9-11-31(12-10-30)15-24(33,16-32-18-28-17-29-32)22-7-4-20(26)14-23(22)27/h2-7,14,17-18,33H,1,8-13,15-16H2. The maximum absolute atomic E-state index is 14.6. The third-order valence-corrected chi connectivity index (χ3v) is 6.23. The first-order valence-corrected chi connectivity index (χ1v) is 11.6. The van der Waals surface area contributed by atoms with Crippen molar-refractivity contribution < 1.29 is 18.6 Å². The molecule has 0 radical (unpaired) electrons. The van der Waals surface area contributed by atoms with Crippen LogP contribution < -0.4 is 4.74 Å². The van der Waals surface area contributed by atoms with Gasteiger partial charge in [0.1, 0.15) is 35.6 Å². The van der Waals surface area contributed by atoms with E-state index >= 15 is 0 Å². The van der Waals surface area contributed by atoms with Crippen LogP contribution in [-0.2, 0) is 12.1 Å². The molecule has 1 N–H and O–H groups in total. The molecule has 0 amide bonds. The molecule has 3 aromatic rings. The highest BCUT2D eigenvalue weighted by Gasteiger charge is 2.36. The molecule has 4 rings (SSSR count). The van der Waals surface area contributed by atoms with E-state index in [9.17, 15) is 13.9 Å². The van der Waals surface area contributed by atoms with Crippen LogP contribution >= 0.6 is 11.6 Å². The molecule has 10 heteroatoms. The number of hydrogen-bond acceptors (Lipinski definition) is 6. The van der Waals surface area contributed by atoms with Crippen molar-refractivity contribution in [3.8, 4) is 5.75 Å². The first-order valence-electron chi connectivity index (χ1n) is 11.2. The van der Waals surface area contributed by atoms with Gasteiger partial charge in [-0.1, -0.05) is 17.7 Å². The van der Waals surface area contributed by atoms with Gasteiger partial charge in [-0.3, -0.25) is 4.90 Å². The van der Waals surface area contributed by atoms with E-state index in [2.05, 4.69) is 19.9 Å². The van der Waals surface area contributed by atoms with Gasteiger partial charge in [-0.25, -0.2) is 18.4 Å². The van der Waals surface area contributed by atoms with Crippen molar-refractivity contribution in [1.82, 2.24) is 24.6 Å². The fourth-order valence-electron chi connectivity index (χ4n) is 4.22. The van der Waals surface area contributed by atoms with E-state index in [0.29, 0.717) is 11.6 Å². The maximum atomic E-state index is 14.6. The van der Waals surface area contributed by atoms with Gasteiger partial charge in [0.25, 0.3) is 0 Å². The Hall–Kier alpha value is -2.59. The van der Waals surface area contributed by atoms with E-state index in [1.165, 1.54) is 23.4 Å². The number of β-amino-alcohol motifs (C(OH)–C–C–N with tert-alkyl or cyclic N) is 1. The molecule has 1 atom stereocenters. The highest BCUT2D eigenvalue weighted by Crippen LogP contribution is 2.28. The van der Waals surface area contributed by atoms with Gasteiger partial charge >= 0.3 is 0 Å². The minimum absolute atomic E-state index is 0.0117. The van der Waals surface area contributed by atoms with Gasteiger partial charge < -0.3 is 14.7 Å². The fraction of sp³-hybridized carbons (Fsp3) is 0.417. The molecule has 2 aromatic carbocycles. The predicted molar refractivity (Wildman–Crippen MR) is 125 cm³/mol. The second-order valence-electron chi connectivity index (χ2n) is 8.52. The van der Waals surface area contributed by atoms with Crippen LogP contribution in [0, 0.1) is 11.6 Å². The van der Waals surface area contributed by atoms with Crippen molar-refractivity contribution in [1.29, 1.82) is 0 Å². The highest BCUT2D eigenvalue weighted by molar-refractivity contribution is 6.30. The van der Waals surface area contributed by atoms with Crippen LogP contribution in [0.5, 0.6) is 5.75 Å². The lowest BCUT2D eigenvalue weighted by Crippen LogP contribution is -2.52. The van der Waals surface area contributed by atoms with Crippen molar-refractivity contribution in [2.24, 2.45) is 0 Å². The molecule has 34 heavy (non-hydrogen) atoms. The molecule has 1 aliphatic rings. The van der Waals surface area contributed by atoms with Crippen LogP contribution in [0.15, 0.2) is 55.1 Å². The Bertz CT molecular complexity index is 1050. The summed E-state index contributed by atoms with van der Waals surface area (Å²) in [6.07, 6.45) is 3.72. The lowest BCUT2D eigenvalue weighted by atomic mass is 9.92. The quantitative estimate of drug-likeness (QED) is 0.439. The van der Waals surface area contributed by atoms with Gasteiger partial charge in [-0.15, -0.1) is 0 Å². The van der Waals surface area contributed by atoms with E-state index < -0.39 is 17.2 Å². The summed E-state index contributed by atoms with van der Waals surface area (Å²) >= 11 is 5.89. The monoisotopic (exact) mass is 491 g/mol. The molecule has 0 aliphatic carbocycles. The van der Waals surface area contributed by atoms with Gasteiger partial charge in [-0.05, 0) is 36.8 Å². The van der Waals surface area contributed by atoms with Gasteiger partial charge in [0.05, 0.1) is 13.2 Å². The van der Waals surface area contributed by atoms with Gasteiger partial charge in [0.2, 0.25) is 0 Å². The third-order valence-electron chi connectivity index (χ3n) is 5.97. The summed E-state index contributed by atoms with van der Waals surface area (Å²) in [5, 5.41) is 16.2. The fourth-order valence-corrected chi connectivity index (χ4v) is 4.35. The number of halogens is 3. The summed E-state index contributed by atoms with van der Waals surface area (Å²) in [6.45, 7) is 4.82. The van der Waals surface area contributed by atoms with Gasteiger partial charge in [0.15, 0.2) is 0 Å². The Morgan fingerprint density at radius 1 is 1.00 bits per heavy atom. The number of hydrogen-bond donors (Lipinski definition) is 1. The first kappa shape index (κ1) is 24.5. The van der Waals surface area contributed by atoms with E-state index in [1.54, 1.807) is 12.1 Å². The lowest BCUT2D eigenvalue weighted by Gasteiger charge is -2.39. The highest BCUT2D eigenvalue weighted by atomic mass is 35.5. The first-order chi connectivity index (χ1) is 16.4. The van der Waals surface area contributed by atoms with Crippen molar-refractivity contribution >= 4 is 11.6 Å². The Labute approximate surface area is 202 Å². The maximum Gasteiger partial charge on any atom is 0.137 e. The Balaban J connectivity index is 1.29. The number of aliphatic hydroxyl groups is 1. The second kappa shape index (κ2) is 11.2. The third kappa shape index (κ3) is 6.50. The van der Waals surface area contributed by atoms with E-state index in [-0.39, 0.29) is 18.7 Å². The number of nitrogens with zero attached hydrogens (tertiary/aromatic N) is 5. The zero-order valence-electron chi connectivity index (χ0n) is 18.8. The summed E-state index contributed by atoms with van der Waals surface area (Å²) in [7, 11) is 0. The van der Waals surface area contributed by atoms with E-state index in [1.807, 2.05) is 12.1 Å². The van der Waals surface area contributed by atoms with E-state index in [0.717, 1.165) is 57.0 Å². The minimum Gasteiger partial charge on any atom is -0.494 e. The van der Waals surface area contributed by atoms with Gasteiger partial charge in [-0.2, -0.15) is 5.10 Å². The predicted octanol–water partition coefficient (Wildman–Crippen LogP) is 3.18. The van der Waals surface area contributed by atoms with Crippen LogP contribution in [0.3, 0.4) is 0 Å². The molecule has 182 valence electrons. The molecular formula is C24H28ClF2N5O2. The number of aromatic nitrogens is 3. The van der Waals surface area contributed by atoms with E-state index in [4.69, 9.17) is 16.3 Å². The molecule has 1 aliphatic heterocycles. The van der Waals surface area contributed by atoms with Crippen molar-refractivity contribution in [3.63, 3.8) is 0 Å². The smallest absolute Gasteiger partial charge is 0.137 e. The number of piperazine rings is 1. The summed E-state index contributed by atoms with van der Waals surface area (Å²) < 4.78 is 35.3. The Kier molecular flexibility index (Phi) is 8.10. The lowest BCUT2D eigenvalue weighted by molar-refractivity contribution is -0.0320. The van der Waals surface area contributed by atoms with Crippen LogP contribution in [0.2, 0.25) is 5.02 Å². The zero-order valence-corrected chi connectivity index (χ0v) is 19.5. The van der Waals surface area contributed by atoms with Crippen LogP contribution in [-0.4, -0.2) is 75.5 Å². The summed E-state index contributed by atoms with van der Waals surface area (Å²) in [5.41, 5.74) is -1.54. The largest absolute Gasteiger partial charge is 0.494 e. The van der Waals surface area contributed by atoms with Crippen LogP contribution in [0.25, 0.3) is 0 Å². The average Bonchev–Trinajstić information content (AvgIpc) is 3.31. The molecule has 1 saturated heterocycles. The Morgan fingerprint density at radius 2 is 1.74 bits per heavy atom. The molecule has 0 bridgehead atoms. The van der Waals surface area contributed by atoms with Crippen molar-refractivity contribution in [2.45, 2.75) is 18.6 Å². The number of ether oxygens (including phenoxy) is 1. The number of rotatable bonds is 10. The van der Waals surface area contributed by atoms with Crippen molar-refractivity contribution in [2.75, 3.05) is 45.9 Å². The number of benzene rings is 2. The van der Waals surface area contributed by atoms with Crippen molar-refractivity contribution in [3.05, 3.63) is 77.3 Å². The molecule has 0 saturated carbocycles. The minimum atomic E-state index is -1.58. The summed E-state index contributed by atoms with van der Waals surface area (Å²) in [6, 6.07) is 10.6. The topological polar surface area (TPSA) is 66.7 Å². The second-order valence-corrected chi connectivity index (χ2v) is 8.96. The summed E-state index contributed by atoms with van der Waals surface area (Å²) in [4.78, 5) is 8.34. The normalized spacial score (nSPS) is 16.9. The molecule has 1 unspecified atom stereocenters. The Morgan fingerprint density at radius 3 is 2.41 bits per heavy atom. The molecule has 2 heterocycles. The van der Waals surface area contributed by atoms with Gasteiger partial charge in [0, 0.05) is 55.9 Å². The molecular weight excluding hydrogens is 464 g/mol. The summed E-state index contributed by atoms with van der Waals surface area (Å²) in [5.74, 6) is -0.658. The van der Waals surface area contributed by atoms with Crippen LogP contribution in [0.4, 0.5) is 8.78 Å². The molecule has 0 spiro atoms. The SMILES string of the molecule is OC(CN1CCN(CCCOc2ccc(Cl)cc2)CC1)(Cn1cncn1)c1ccc(F)cc1F. The zero-order chi connectivity index (χ0) is 24.0. The molecule has 1 fully saturated rings.